The third kappa shape index (κ3) is 2.51. The molecule has 5 atom stereocenters. The van der Waals surface area contributed by atoms with Gasteiger partial charge in [0, 0.05) is 14.2 Å². The summed E-state index contributed by atoms with van der Waals surface area (Å²) in [5.41, 5.74) is 0.371. The third-order valence-corrected chi connectivity index (χ3v) is 3.90. The minimum Gasteiger partial charge on any atom is -0.450 e. The van der Waals surface area contributed by atoms with Gasteiger partial charge in [0.1, 0.15) is 18.8 Å². The lowest BCUT2D eigenvalue weighted by molar-refractivity contribution is -0.326. The van der Waals surface area contributed by atoms with E-state index in [0.29, 0.717) is 5.56 Å². The Hall–Kier alpha value is -1.51. The Morgan fingerprint density at radius 3 is 2.55 bits per heavy atom. The normalized spacial score (nSPS) is 37.0. The van der Waals surface area contributed by atoms with Crippen molar-refractivity contribution in [1.29, 1.82) is 0 Å². The minimum atomic E-state index is -1.75. The molecule has 1 aromatic carbocycles. The van der Waals surface area contributed by atoms with Crippen LogP contribution in [0.25, 0.3) is 0 Å². The molecule has 0 amide bonds. The van der Waals surface area contributed by atoms with Crippen LogP contribution in [0.1, 0.15) is 10.4 Å². The number of aliphatic hydroxyl groups is 1. The summed E-state index contributed by atoms with van der Waals surface area (Å²) in [7, 11) is 2.93. The fourth-order valence-electron chi connectivity index (χ4n) is 2.79. The minimum absolute atomic E-state index is 0.121. The molecule has 2 aliphatic rings. The molecule has 3 rings (SSSR count). The lowest BCUT2D eigenvalue weighted by Gasteiger charge is -2.42. The smallest absolute Gasteiger partial charge is 0.338 e. The molecule has 2 aliphatic heterocycles. The number of fused-ring (bicyclic) bond motifs is 2. The first-order chi connectivity index (χ1) is 10.6. The molecular weight excluding hydrogens is 292 g/mol. The zero-order valence-corrected chi connectivity index (χ0v) is 12.3. The Morgan fingerprint density at radius 2 is 1.91 bits per heavy atom. The highest BCUT2D eigenvalue weighted by Gasteiger charge is 2.62. The van der Waals surface area contributed by atoms with Gasteiger partial charge in [-0.15, -0.1) is 0 Å². The molecular formula is C15H18O7. The first-order valence-electron chi connectivity index (χ1n) is 6.92. The number of hydrogen-bond donors (Lipinski definition) is 1. The number of hydrogen-bond acceptors (Lipinski definition) is 7. The second kappa shape index (κ2) is 5.94. The van der Waals surface area contributed by atoms with E-state index in [1.165, 1.54) is 14.2 Å². The first kappa shape index (κ1) is 15.4. The van der Waals surface area contributed by atoms with E-state index in [0.717, 1.165) is 0 Å². The largest absolute Gasteiger partial charge is 0.450 e. The third-order valence-electron chi connectivity index (χ3n) is 3.90. The maximum Gasteiger partial charge on any atom is 0.338 e. The van der Waals surface area contributed by atoms with Gasteiger partial charge in [0.05, 0.1) is 5.56 Å². The quantitative estimate of drug-likeness (QED) is 0.802. The predicted molar refractivity (Wildman–Crippen MR) is 73.0 cm³/mol. The van der Waals surface area contributed by atoms with Crippen LogP contribution in [0.4, 0.5) is 0 Å². The number of esters is 1. The fraction of sp³-hybridized carbons (Fsp3) is 0.533. The van der Waals surface area contributed by atoms with Crippen LogP contribution in [-0.4, -0.2) is 62.3 Å². The Morgan fingerprint density at radius 1 is 1.23 bits per heavy atom. The maximum absolute atomic E-state index is 12.3. The molecule has 0 unspecified atom stereocenters. The predicted octanol–water partition coefficient (Wildman–Crippen LogP) is 0.317. The zero-order chi connectivity index (χ0) is 15.7. The number of ether oxygens (including phenoxy) is 5. The molecule has 0 aromatic heterocycles. The van der Waals surface area contributed by atoms with Crippen LogP contribution in [0.2, 0.25) is 0 Å². The topological polar surface area (TPSA) is 83.5 Å². The van der Waals surface area contributed by atoms with E-state index >= 15 is 0 Å². The highest BCUT2D eigenvalue weighted by Crippen LogP contribution is 2.39. The summed E-state index contributed by atoms with van der Waals surface area (Å²) in [6.07, 6.45) is -3.13. The number of carbonyl (C=O) groups is 1. The summed E-state index contributed by atoms with van der Waals surface area (Å²) in [6, 6.07) is 8.49. The lowest BCUT2D eigenvalue weighted by Crippen LogP contribution is -2.63. The van der Waals surface area contributed by atoms with Crippen LogP contribution in [0.3, 0.4) is 0 Å². The summed E-state index contributed by atoms with van der Waals surface area (Å²) < 4.78 is 26.9. The molecule has 2 heterocycles. The number of benzene rings is 1. The lowest BCUT2D eigenvalue weighted by atomic mass is 9.97. The zero-order valence-electron chi connectivity index (χ0n) is 12.3. The monoisotopic (exact) mass is 310 g/mol. The molecule has 2 saturated heterocycles. The van der Waals surface area contributed by atoms with Gasteiger partial charge in [-0.3, -0.25) is 0 Å². The van der Waals surface area contributed by atoms with Crippen LogP contribution >= 0.6 is 0 Å². The van der Waals surface area contributed by atoms with Gasteiger partial charge in [0.2, 0.25) is 5.79 Å². The van der Waals surface area contributed by atoms with Crippen molar-refractivity contribution >= 4 is 5.97 Å². The molecule has 7 nitrogen and oxygen atoms in total. The van der Waals surface area contributed by atoms with Crippen molar-refractivity contribution in [3.63, 3.8) is 0 Å². The Bertz CT molecular complexity index is 534. The molecule has 2 bridgehead atoms. The fourth-order valence-corrected chi connectivity index (χ4v) is 2.79. The van der Waals surface area contributed by atoms with Gasteiger partial charge in [-0.1, -0.05) is 18.2 Å². The summed E-state index contributed by atoms with van der Waals surface area (Å²) in [4.78, 5) is 12.3. The van der Waals surface area contributed by atoms with Gasteiger partial charge in [0.15, 0.2) is 12.4 Å². The van der Waals surface area contributed by atoms with Crippen molar-refractivity contribution in [1.82, 2.24) is 0 Å². The van der Waals surface area contributed by atoms with E-state index in [4.69, 9.17) is 23.7 Å². The average Bonchev–Trinajstić information content (AvgIpc) is 2.89. The van der Waals surface area contributed by atoms with Gasteiger partial charge < -0.3 is 28.8 Å². The van der Waals surface area contributed by atoms with Crippen molar-refractivity contribution in [2.45, 2.75) is 30.4 Å². The molecule has 0 spiro atoms. The number of methoxy groups -OCH3 is 2. The summed E-state index contributed by atoms with van der Waals surface area (Å²) in [5.74, 6) is -2.32. The van der Waals surface area contributed by atoms with Gasteiger partial charge in [-0.25, -0.2) is 4.79 Å². The summed E-state index contributed by atoms with van der Waals surface area (Å²) >= 11 is 0. The SMILES string of the molecule is CO[C@@H]1[C@@H](OC)[C@H]2OC[C@](O)(O2)[C@H]1OC(=O)c1ccccc1. The van der Waals surface area contributed by atoms with Crippen LogP contribution in [0.5, 0.6) is 0 Å². The molecule has 22 heavy (non-hydrogen) atoms. The van der Waals surface area contributed by atoms with Crippen molar-refractivity contribution in [2.75, 3.05) is 20.8 Å². The molecule has 2 fully saturated rings. The molecule has 7 heteroatoms. The summed E-state index contributed by atoms with van der Waals surface area (Å²) in [5, 5.41) is 10.5. The highest BCUT2D eigenvalue weighted by atomic mass is 16.8. The van der Waals surface area contributed by atoms with Crippen molar-refractivity contribution in [3.05, 3.63) is 35.9 Å². The van der Waals surface area contributed by atoms with Gasteiger partial charge in [-0.05, 0) is 12.1 Å². The molecule has 120 valence electrons. The second-order valence-electron chi connectivity index (χ2n) is 5.23. The molecule has 1 N–H and O–H groups in total. The average molecular weight is 310 g/mol. The van der Waals surface area contributed by atoms with Crippen LogP contribution in [0.15, 0.2) is 30.3 Å². The molecule has 0 saturated carbocycles. The van der Waals surface area contributed by atoms with E-state index in [1.807, 2.05) is 0 Å². The number of rotatable bonds is 4. The van der Waals surface area contributed by atoms with E-state index in [2.05, 4.69) is 0 Å². The van der Waals surface area contributed by atoms with Crippen molar-refractivity contribution in [2.24, 2.45) is 0 Å². The van der Waals surface area contributed by atoms with Crippen LogP contribution in [0, 0.1) is 0 Å². The van der Waals surface area contributed by atoms with Gasteiger partial charge in [0.25, 0.3) is 0 Å². The Balaban J connectivity index is 1.84. The molecule has 1 aromatic rings. The second-order valence-corrected chi connectivity index (χ2v) is 5.23. The van der Waals surface area contributed by atoms with Gasteiger partial charge in [-0.2, -0.15) is 0 Å². The molecule has 0 radical (unpaired) electrons. The van der Waals surface area contributed by atoms with E-state index in [-0.39, 0.29) is 6.61 Å². The van der Waals surface area contributed by atoms with Crippen molar-refractivity contribution < 1.29 is 33.6 Å². The van der Waals surface area contributed by atoms with Crippen molar-refractivity contribution in [3.8, 4) is 0 Å². The van der Waals surface area contributed by atoms with E-state index in [1.54, 1.807) is 30.3 Å². The van der Waals surface area contributed by atoms with E-state index in [9.17, 15) is 9.90 Å². The Kier molecular flexibility index (Phi) is 4.16. The first-order valence-corrected chi connectivity index (χ1v) is 6.92. The van der Waals surface area contributed by atoms with Gasteiger partial charge >= 0.3 is 5.97 Å². The number of carbonyl (C=O) groups excluding carboxylic acids is 1. The summed E-state index contributed by atoms with van der Waals surface area (Å²) in [6.45, 7) is -0.121. The maximum atomic E-state index is 12.3. The van der Waals surface area contributed by atoms with Crippen LogP contribution < -0.4 is 0 Å². The van der Waals surface area contributed by atoms with Crippen LogP contribution in [-0.2, 0) is 23.7 Å². The Labute approximate surface area is 127 Å². The highest BCUT2D eigenvalue weighted by molar-refractivity contribution is 5.89. The molecule has 0 aliphatic carbocycles. The standard InChI is InChI=1S/C15H18O7/c1-18-10-11(19-2)14-20-8-15(17,22-14)12(10)21-13(16)9-6-4-3-5-7-9/h3-7,10-12,14,17H,8H2,1-2H3/t10-,11-,12+,14+,15+/m1/s1. The van der Waals surface area contributed by atoms with E-state index < -0.39 is 36.4 Å².